The van der Waals surface area contributed by atoms with Crippen molar-refractivity contribution in [2.75, 3.05) is 0 Å². The van der Waals surface area contributed by atoms with Gasteiger partial charge in [-0.3, -0.25) is 38.4 Å². The van der Waals surface area contributed by atoms with E-state index in [2.05, 4.69) is 26.6 Å². The minimum Gasteiger partial charge on any atom is -0.481 e. The summed E-state index contributed by atoms with van der Waals surface area (Å²) in [7, 11) is 0. The highest BCUT2D eigenvalue weighted by Crippen LogP contribution is 2.09. The number of amides is 7. The lowest BCUT2D eigenvalue weighted by Crippen LogP contribution is -2.59. The monoisotopic (exact) mass is 686 g/mol. The van der Waals surface area contributed by atoms with Crippen molar-refractivity contribution in [3.8, 4) is 0 Å². The summed E-state index contributed by atoms with van der Waals surface area (Å²) < 4.78 is 0. The highest BCUT2D eigenvalue weighted by molar-refractivity contribution is 5.97. The molecule has 0 spiro atoms. The first-order chi connectivity index (χ1) is 22.1. The molecule has 0 aromatic carbocycles. The molecule has 19 heteroatoms. The van der Waals surface area contributed by atoms with E-state index in [9.17, 15) is 48.3 Å². The summed E-state index contributed by atoms with van der Waals surface area (Å²) in [6.45, 7) is 8.37. The molecule has 272 valence electrons. The minimum absolute atomic E-state index is 0.0475. The second-order valence-electron chi connectivity index (χ2n) is 12.3. The predicted molar refractivity (Wildman–Crippen MR) is 169 cm³/mol. The van der Waals surface area contributed by atoms with E-state index in [1.54, 1.807) is 27.7 Å². The Labute approximate surface area is 278 Å². The standard InChI is InChI=1S/C29H50N8O11/c1-13(2)10-18(27(45)33-15(5)24(42)37-20(29(47)48)11-14(3)4)36-26(44)17(7-8-21(31)38)34-28(46)19(12-22(32)39)35-25(43)16(30)6-9-23(40)41/h13-20H,6-12,30H2,1-5H3,(H2,31,38)(H2,32,39)(H,33,45)(H,34,46)(H,35,43)(H,36,44)(H,37,42)(H,40,41)(H,47,48)/t15-,16-,17-,18-,19-,20-/m0/s1. The van der Waals surface area contributed by atoms with E-state index >= 15 is 0 Å². The molecule has 0 aromatic rings. The van der Waals surface area contributed by atoms with Gasteiger partial charge in [-0.2, -0.15) is 0 Å². The SMILES string of the molecule is CC(C)C[C@H](NC(=O)[C@H](C)NC(=O)[C@H](CC(C)C)NC(=O)[C@H](CCC(N)=O)NC(=O)[C@H](CC(N)=O)NC(=O)[C@@H](N)CCC(=O)O)C(=O)O. The Balaban J connectivity index is 5.94. The molecule has 19 nitrogen and oxygen atoms in total. The first-order valence-corrected chi connectivity index (χ1v) is 15.4. The van der Waals surface area contributed by atoms with Crippen molar-refractivity contribution in [1.29, 1.82) is 0 Å². The summed E-state index contributed by atoms with van der Waals surface area (Å²) in [6.07, 6.45) is -2.02. The summed E-state index contributed by atoms with van der Waals surface area (Å²) in [5, 5.41) is 30.0. The van der Waals surface area contributed by atoms with Crippen LogP contribution in [0.15, 0.2) is 0 Å². The second-order valence-corrected chi connectivity index (χ2v) is 12.3. The normalized spacial score (nSPS) is 14.8. The van der Waals surface area contributed by atoms with Crippen LogP contribution in [0.3, 0.4) is 0 Å². The lowest BCUT2D eigenvalue weighted by atomic mass is 10.0. The van der Waals surface area contributed by atoms with Gasteiger partial charge in [0.2, 0.25) is 41.4 Å². The van der Waals surface area contributed by atoms with E-state index < -0.39 is 109 Å². The van der Waals surface area contributed by atoms with Crippen molar-refractivity contribution in [1.82, 2.24) is 26.6 Å². The molecular formula is C29H50N8O11. The molecule has 0 heterocycles. The van der Waals surface area contributed by atoms with E-state index in [-0.39, 0.29) is 37.5 Å². The quantitative estimate of drug-likeness (QED) is 0.0512. The number of carbonyl (C=O) groups excluding carboxylic acids is 7. The smallest absolute Gasteiger partial charge is 0.326 e. The lowest BCUT2D eigenvalue weighted by molar-refractivity contribution is -0.142. The molecule has 0 aliphatic carbocycles. The summed E-state index contributed by atoms with van der Waals surface area (Å²) in [5.41, 5.74) is 16.1. The van der Waals surface area contributed by atoms with Crippen LogP contribution in [0.1, 0.15) is 79.6 Å². The van der Waals surface area contributed by atoms with Crippen LogP contribution < -0.4 is 43.8 Å². The third-order valence-electron chi connectivity index (χ3n) is 6.77. The third kappa shape index (κ3) is 17.8. The zero-order chi connectivity index (χ0) is 37.3. The molecule has 0 aliphatic rings. The van der Waals surface area contributed by atoms with Crippen molar-refractivity contribution in [3.63, 3.8) is 0 Å². The maximum atomic E-state index is 13.4. The zero-order valence-corrected chi connectivity index (χ0v) is 27.9. The predicted octanol–water partition coefficient (Wildman–Crippen LogP) is -3.06. The number of nitrogens with two attached hydrogens (primary N) is 3. The average Bonchev–Trinajstić information content (AvgIpc) is 2.95. The first kappa shape index (κ1) is 43.2. The molecular weight excluding hydrogens is 636 g/mol. The first-order valence-electron chi connectivity index (χ1n) is 15.4. The van der Waals surface area contributed by atoms with Gasteiger partial charge in [0.15, 0.2) is 0 Å². The number of nitrogens with one attached hydrogen (secondary N) is 5. The van der Waals surface area contributed by atoms with Crippen LogP contribution in [0.4, 0.5) is 0 Å². The van der Waals surface area contributed by atoms with Crippen LogP contribution >= 0.6 is 0 Å². The van der Waals surface area contributed by atoms with Crippen molar-refractivity contribution < 1.29 is 53.4 Å². The van der Waals surface area contributed by atoms with E-state index in [1.165, 1.54) is 6.92 Å². The van der Waals surface area contributed by atoms with E-state index in [1.807, 2.05) is 0 Å². The Morgan fingerprint density at radius 2 is 1.00 bits per heavy atom. The number of carbonyl (C=O) groups is 9. The number of hydrogen-bond acceptors (Lipinski definition) is 10. The topological polar surface area (TPSA) is 332 Å². The molecule has 7 amide bonds. The van der Waals surface area contributed by atoms with E-state index in [4.69, 9.17) is 22.3 Å². The van der Waals surface area contributed by atoms with Crippen LogP contribution in [0.5, 0.6) is 0 Å². The second kappa shape index (κ2) is 21.1. The number of hydrogen-bond donors (Lipinski definition) is 10. The summed E-state index contributed by atoms with van der Waals surface area (Å²) in [5.74, 6) is -9.11. The van der Waals surface area contributed by atoms with Crippen molar-refractivity contribution in [2.24, 2.45) is 29.0 Å². The maximum Gasteiger partial charge on any atom is 0.326 e. The number of carboxylic acid groups (broad SMARTS) is 2. The van der Waals surface area contributed by atoms with Crippen LogP contribution in [-0.4, -0.2) is 99.8 Å². The number of carboxylic acids is 2. The average molecular weight is 687 g/mol. The van der Waals surface area contributed by atoms with Gasteiger partial charge in [-0.15, -0.1) is 0 Å². The van der Waals surface area contributed by atoms with E-state index in [0.29, 0.717) is 0 Å². The molecule has 6 atom stereocenters. The molecule has 0 radical (unpaired) electrons. The van der Waals surface area contributed by atoms with Crippen molar-refractivity contribution in [3.05, 3.63) is 0 Å². The molecule has 0 saturated carbocycles. The van der Waals surface area contributed by atoms with Crippen LogP contribution in [0, 0.1) is 11.8 Å². The summed E-state index contributed by atoms with van der Waals surface area (Å²) >= 11 is 0. The van der Waals surface area contributed by atoms with Gasteiger partial charge in [-0.05, 0) is 44.4 Å². The molecule has 0 bridgehead atoms. The van der Waals surface area contributed by atoms with Gasteiger partial charge in [0.25, 0.3) is 0 Å². The minimum atomic E-state index is -1.64. The number of rotatable bonds is 23. The molecule has 13 N–H and O–H groups in total. The van der Waals surface area contributed by atoms with Crippen LogP contribution in [0.2, 0.25) is 0 Å². The lowest BCUT2D eigenvalue weighted by Gasteiger charge is -2.27. The van der Waals surface area contributed by atoms with Gasteiger partial charge in [0, 0.05) is 12.8 Å². The molecule has 0 unspecified atom stereocenters. The molecule has 0 fully saturated rings. The fraction of sp³-hybridized carbons (Fsp3) is 0.690. The fourth-order valence-corrected chi connectivity index (χ4v) is 4.27. The maximum absolute atomic E-state index is 13.4. The van der Waals surface area contributed by atoms with Gasteiger partial charge >= 0.3 is 11.9 Å². The van der Waals surface area contributed by atoms with Gasteiger partial charge in [0.05, 0.1) is 12.5 Å². The van der Waals surface area contributed by atoms with Gasteiger partial charge < -0.3 is 54.0 Å². The largest absolute Gasteiger partial charge is 0.481 e. The Bertz CT molecular complexity index is 1190. The van der Waals surface area contributed by atoms with Crippen molar-refractivity contribution >= 4 is 53.3 Å². The summed E-state index contributed by atoms with van der Waals surface area (Å²) in [4.78, 5) is 110. The number of primary amides is 2. The Kier molecular flexibility index (Phi) is 19.0. The highest BCUT2D eigenvalue weighted by atomic mass is 16.4. The van der Waals surface area contributed by atoms with Crippen molar-refractivity contribution in [2.45, 2.75) is 116 Å². The Hall–Kier alpha value is -4.81. The van der Waals surface area contributed by atoms with Gasteiger partial charge in [-0.1, -0.05) is 27.7 Å². The summed E-state index contributed by atoms with van der Waals surface area (Å²) in [6, 6.07) is -8.18. The van der Waals surface area contributed by atoms with Crippen LogP contribution in [-0.2, 0) is 43.2 Å². The molecule has 48 heavy (non-hydrogen) atoms. The van der Waals surface area contributed by atoms with Gasteiger partial charge in [0.1, 0.15) is 30.2 Å². The highest BCUT2D eigenvalue weighted by Gasteiger charge is 2.33. The van der Waals surface area contributed by atoms with E-state index in [0.717, 1.165) is 0 Å². The van der Waals surface area contributed by atoms with Crippen LogP contribution in [0.25, 0.3) is 0 Å². The molecule has 0 aliphatic heterocycles. The molecule has 0 aromatic heterocycles. The van der Waals surface area contributed by atoms with Gasteiger partial charge in [-0.25, -0.2) is 4.79 Å². The third-order valence-corrected chi connectivity index (χ3v) is 6.77. The number of aliphatic carboxylic acids is 2. The Morgan fingerprint density at radius 1 is 0.542 bits per heavy atom. The zero-order valence-electron chi connectivity index (χ0n) is 27.9. The Morgan fingerprint density at radius 3 is 1.48 bits per heavy atom. The fourth-order valence-electron chi connectivity index (χ4n) is 4.27. The molecule has 0 saturated heterocycles. The molecule has 0 rings (SSSR count).